The van der Waals surface area contributed by atoms with Gasteiger partial charge in [-0.05, 0) is 6.92 Å². The fourth-order valence-electron chi connectivity index (χ4n) is 1.58. The molecule has 1 rings (SSSR count). The van der Waals surface area contributed by atoms with Crippen molar-refractivity contribution in [1.82, 2.24) is 4.98 Å². The predicted molar refractivity (Wildman–Crippen MR) is 75.9 cm³/mol. The highest BCUT2D eigenvalue weighted by Gasteiger charge is 2.22. The van der Waals surface area contributed by atoms with E-state index in [1.807, 2.05) is 13.8 Å². The first-order valence-electron chi connectivity index (χ1n) is 6.44. The van der Waals surface area contributed by atoms with E-state index in [0.717, 1.165) is 0 Å². The highest BCUT2D eigenvalue weighted by Crippen LogP contribution is 2.20. The van der Waals surface area contributed by atoms with E-state index in [-0.39, 0.29) is 16.9 Å². The van der Waals surface area contributed by atoms with Crippen molar-refractivity contribution in [2.24, 2.45) is 11.1 Å². The molecule has 1 atom stereocenters. The predicted octanol–water partition coefficient (Wildman–Crippen LogP) is 3.56. The third kappa shape index (κ3) is 4.69. The van der Waals surface area contributed by atoms with Crippen LogP contribution in [-0.4, -0.2) is 27.8 Å². The van der Waals surface area contributed by atoms with Gasteiger partial charge in [-0.3, -0.25) is 0 Å². The maximum absolute atomic E-state index is 12.7. The normalized spacial score (nSPS) is 13.4. The fraction of sp³-hybridized carbons (Fsp3) is 0.538. The quantitative estimate of drug-likeness (QED) is 0.563. The number of hydrogen-bond acceptors (Lipinski definition) is 5. The summed E-state index contributed by atoms with van der Waals surface area (Å²) in [6.45, 7) is 5.36. The largest absolute Gasteiger partial charge is 0.428 e. The molecule has 0 spiro atoms. The Balaban J connectivity index is 2.96. The number of nitrogens with zero attached hydrogens (tertiary/aromatic N) is 2. The smallest absolute Gasteiger partial charge is 0.301 e. The number of hydrogen-bond donors (Lipinski definition) is 0. The highest BCUT2D eigenvalue weighted by molar-refractivity contribution is 7.84. The van der Waals surface area contributed by atoms with Crippen molar-refractivity contribution in [1.29, 1.82) is 0 Å². The van der Waals surface area contributed by atoms with Gasteiger partial charge in [0.25, 0.3) is 5.22 Å². The summed E-state index contributed by atoms with van der Waals surface area (Å²) >= 11 is 0. The summed E-state index contributed by atoms with van der Waals surface area (Å²) in [5, 5.41) is 3.69. The summed E-state index contributed by atoms with van der Waals surface area (Å²) in [5.74, 6) is -1.65. The van der Waals surface area contributed by atoms with E-state index >= 15 is 0 Å². The Hall–Kier alpha value is -1.64. The molecule has 22 heavy (non-hydrogen) atoms. The van der Waals surface area contributed by atoms with Gasteiger partial charge in [-0.1, -0.05) is 19.0 Å². The van der Waals surface area contributed by atoms with E-state index in [2.05, 4.69) is 10.1 Å². The molecular weight excluding hydrogens is 321 g/mol. The number of allylic oxidation sites excluding steroid dienone is 1. The zero-order valence-corrected chi connectivity index (χ0v) is 13.5. The first kappa shape index (κ1) is 18.4. The number of oxazole rings is 1. The van der Waals surface area contributed by atoms with Crippen LogP contribution in [0, 0.1) is 12.8 Å². The second-order valence-electron chi connectivity index (χ2n) is 4.67. The molecule has 0 aliphatic rings. The topological polar surface area (TPSA) is 64.7 Å². The van der Waals surface area contributed by atoms with Crippen LogP contribution in [0.25, 0.3) is 0 Å². The van der Waals surface area contributed by atoms with Gasteiger partial charge in [0.15, 0.2) is 11.6 Å². The minimum atomic E-state index is -2.41. The van der Waals surface area contributed by atoms with Crippen molar-refractivity contribution < 1.29 is 26.6 Å². The van der Waals surface area contributed by atoms with E-state index in [9.17, 15) is 17.4 Å². The number of rotatable bonds is 7. The Bertz CT molecular complexity index is 608. The number of aryl methyl sites for hydroxylation is 1. The van der Waals surface area contributed by atoms with Crippen molar-refractivity contribution in [2.75, 3.05) is 12.9 Å². The lowest BCUT2D eigenvalue weighted by molar-refractivity contribution is 0.210. The molecule has 1 aromatic rings. The van der Waals surface area contributed by atoms with Crippen LogP contribution >= 0.6 is 0 Å². The van der Waals surface area contributed by atoms with Crippen LogP contribution < -0.4 is 0 Å². The standard InChI is InChI=1S/C13H17F3N2O3S/c1-7(2)10(18-20-4)11-8(3)17-13(21-11)22(19)6-5-9(14)12(15)16/h7H,5-6H2,1-4H3/b18-10+. The Kier molecular flexibility index (Phi) is 6.79. The van der Waals surface area contributed by atoms with Gasteiger partial charge in [-0.25, -0.2) is 13.6 Å². The minimum Gasteiger partial charge on any atom is -0.428 e. The summed E-state index contributed by atoms with van der Waals surface area (Å²) < 4.78 is 54.0. The number of oxime groups is 1. The molecule has 5 nitrogen and oxygen atoms in total. The Morgan fingerprint density at radius 2 is 2.05 bits per heavy atom. The van der Waals surface area contributed by atoms with E-state index in [1.165, 1.54) is 7.11 Å². The summed E-state index contributed by atoms with van der Waals surface area (Å²) in [4.78, 5) is 8.72. The van der Waals surface area contributed by atoms with Crippen LogP contribution in [0.2, 0.25) is 0 Å². The number of aromatic nitrogens is 1. The van der Waals surface area contributed by atoms with E-state index < -0.39 is 29.1 Å². The number of halogens is 3. The van der Waals surface area contributed by atoms with Crippen LogP contribution in [0.15, 0.2) is 26.7 Å². The third-order valence-electron chi connectivity index (χ3n) is 2.65. The molecule has 0 radical (unpaired) electrons. The van der Waals surface area contributed by atoms with Crippen molar-refractivity contribution in [2.45, 2.75) is 32.4 Å². The lowest BCUT2D eigenvalue weighted by Gasteiger charge is -2.06. The Morgan fingerprint density at radius 1 is 1.41 bits per heavy atom. The van der Waals surface area contributed by atoms with Crippen molar-refractivity contribution in [3.05, 3.63) is 23.4 Å². The van der Waals surface area contributed by atoms with Gasteiger partial charge in [-0.2, -0.15) is 8.78 Å². The molecule has 0 aliphatic heterocycles. The van der Waals surface area contributed by atoms with Crippen LogP contribution in [0.3, 0.4) is 0 Å². The molecule has 0 saturated carbocycles. The molecule has 124 valence electrons. The molecular formula is C13H17F3N2O3S. The van der Waals surface area contributed by atoms with Gasteiger partial charge >= 0.3 is 6.08 Å². The Labute approximate surface area is 128 Å². The van der Waals surface area contributed by atoms with Gasteiger partial charge in [-0.15, -0.1) is 0 Å². The average molecular weight is 338 g/mol. The highest BCUT2D eigenvalue weighted by atomic mass is 32.2. The third-order valence-corrected chi connectivity index (χ3v) is 3.79. The molecule has 0 bridgehead atoms. The molecule has 0 saturated heterocycles. The molecule has 0 fully saturated rings. The molecule has 1 heterocycles. The Morgan fingerprint density at radius 3 is 2.55 bits per heavy atom. The maximum atomic E-state index is 12.7. The van der Waals surface area contributed by atoms with E-state index in [4.69, 9.17) is 9.25 Å². The lowest BCUT2D eigenvalue weighted by Crippen LogP contribution is -2.10. The second kappa shape index (κ2) is 8.11. The minimum absolute atomic E-state index is 0.0334. The summed E-state index contributed by atoms with van der Waals surface area (Å²) in [5.41, 5.74) is 0.928. The second-order valence-corrected chi connectivity index (χ2v) is 6.12. The van der Waals surface area contributed by atoms with Gasteiger partial charge < -0.3 is 9.25 Å². The van der Waals surface area contributed by atoms with Crippen molar-refractivity contribution in [3.63, 3.8) is 0 Å². The molecule has 0 aliphatic carbocycles. The molecule has 1 aromatic heterocycles. The first-order valence-corrected chi connectivity index (χ1v) is 7.76. The van der Waals surface area contributed by atoms with Gasteiger partial charge in [0.2, 0.25) is 0 Å². The average Bonchev–Trinajstić information content (AvgIpc) is 2.83. The van der Waals surface area contributed by atoms with Crippen LogP contribution in [0.1, 0.15) is 31.7 Å². The molecule has 0 amide bonds. The maximum Gasteiger partial charge on any atom is 0.301 e. The SMILES string of the molecule is CO/N=C(/c1oc(S(=O)CCC(F)=C(F)F)nc1C)C(C)C. The fourth-order valence-corrected chi connectivity index (χ4v) is 2.53. The molecule has 1 unspecified atom stereocenters. The molecule has 0 aromatic carbocycles. The molecule has 9 heteroatoms. The lowest BCUT2D eigenvalue weighted by atomic mass is 10.1. The van der Waals surface area contributed by atoms with Crippen LogP contribution in [0.5, 0.6) is 0 Å². The molecule has 0 N–H and O–H groups in total. The van der Waals surface area contributed by atoms with Crippen LogP contribution in [0.4, 0.5) is 13.2 Å². The van der Waals surface area contributed by atoms with E-state index in [1.54, 1.807) is 6.92 Å². The van der Waals surface area contributed by atoms with Crippen molar-refractivity contribution >= 4 is 16.5 Å². The summed E-state index contributed by atoms with van der Waals surface area (Å²) in [6, 6.07) is 0. The van der Waals surface area contributed by atoms with E-state index in [0.29, 0.717) is 17.2 Å². The zero-order chi connectivity index (χ0) is 16.9. The summed E-state index contributed by atoms with van der Waals surface area (Å²) in [7, 11) is -0.442. The van der Waals surface area contributed by atoms with Crippen LogP contribution in [-0.2, 0) is 15.6 Å². The first-order chi connectivity index (χ1) is 10.3. The van der Waals surface area contributed by atoms with Crippen molar-refractivity contribution in [3.8, 4) is 0 Å². The summed E-state index contributed by atoms with van der Waals surface area (Å²) in [6.07, 6.45) is -3.05. The monoisotopic (exact) mass is 338 g/mol. The van der Waals surface area contributed by atoms with Gasteiger partial charge in [0.05, 0.1) is 5.69 Å². The van der Waals surface area contributed by atoms with Gasteiger partial charge in [0, 0.05) is 18.1 Å². The zero-order valence-electron chi connectivity index (χ0n) is 12.7. The van der Waals surface area contributed by atoms with Gasteiger partial charge in [0.1, 0.15) is 23.6 Å².